The fraction of sp³-hybridized carbons (Fsp3) is 0.722. The molecule has 4 rings (SSSR count). The first-order valence-electron chi connectivity index (χ1n) is 9.17. The van der Waals surface area contributed by atoms with Gasteiger partial charge in [-0.05, 0) is 52.0 Å². The Morgan fingerprint density at radius 2 is 1.96 bits per heavy atom. The Labute approximate surface area is 154 Å². The van der Waals surface area contributed by atoms with Crippen molar-refractivity contribution in [2.45, 2.75) is 63.3 Å². The Hall–Kier alpha value is -0.920. The number of carbonyl (C=O) groups is 1. The summed E-state index contributed by atoms with van der Waals surface area (Å²) in [5, 5.41) is 0. The molecular formula is C18H26N2O3S2. The number of thiophene rings is 1. The molecule has 138 valence electrons. The van der Waals surface area contributed by atoms with Gasteiger partial charge in [-0.15, -0.1) is 11.3 Å². The molecule has 2 aliphatic heterocycles. The van der Waals surface area contributed by atoms with Crippen molar-refractivity contribution in [1.29, 1.82) is 0 Å². The van der Waals surface area contributed by atoms with Gasteiger partial charge in [0.1, 0.15) is 0 Å². The van der Waals surface area contributed by atoms with Crippen molar-refractivity contribution in [2.75, 3.05) is 19.6 Å². The SMILES string of the molecule is Cc1cc(S(=O)(=O)N2CCCC3(CCC(=O)N(C4CC4)C3)C2)c(C)s1. The predicted octanol–water partition coefficient (Wildman–Crippen LogP) is 2.92. The molecule has 1 aromatic rings. The number of amides is 1. The van der Waals surface area contributed by atoms with Gasteiger partial charge >= 0.3 is 0 Å². The smallest absolute Gasteiger partial charge is 0.244 e. The van der Waals surface area contributed by atoms with Crippen molar-refractivity contribution in [2.24, 2.45) is 5.41 Å². The zero-order valence-corrected chi connectivity index (χ0v) is 16.6. The topological polar surface area (TPSA) is 57.7 Å². The summed E-state index contributed by atoms with van der Waals surface area (Å²) < 4.78 is 28.1. The van der Waals surface area contributed by atoms with Crippen LogP contribution in [0.2, 0.25) is 0 Å². The molecule has 3 heterocycles. The molecule has 1 atom stereocenters. The van der Waals surface area contributed by atoms with Crippen molar-refractivity contribution in [3.63, 3.8) is 0 Å². The highest BCUT2D eigenvalue weighted by Gasteiger charge is 2.47. The van der Waals surface area contributed by atoms with Gasteiger partial charge in [-0.3, -0.25) is 4.79 Å². The van der Waals surface area contributed by atoms with E-state index >= 15 is 0 Å². The fourth-order valence-corrected chi connectivity index (χ4v) is 7.58. The number of piperidine rings is 2. The van der Waals surface area contributed by atoms with Crippen LogP contribution in [0.25, 0.3) is 0 Å². The van der Waals surface area contributed by atoms with Crippen LogP contribution in [-0.2, 0) is 14.8 Å². The number of hydrogen-bond acceptors (Lipinski definition) is 4. The molecule has 1 amide bonds. The highest BCUT2D eigenvalue weighted by Crippen LogP contribution is 2.43. The molecule has 2 saturated heterocycles. The van der Waals surface area contributed by atoms with E-state index < -0.39 is 10.0 Å². The van der Waals surface area contributed by atoms with Gasteiger partial charge in [-0.2, -0.15) is 4.31 Å². The Kier molecular flexibility index (Phi) is 4.24. The standard InChI is InChI=1S/C18H26N2O3S2/c1-13-10-16(14(2)24-13)25(22,23)19-9-3-7-18(11-19)8-6-17(21)20(12-18)15-4-5-15/h10,15H,3-9,11-12H2,1-2H3. The largest absolute Gasteiger partial charge is 0.339 e. The van der Waals surface area contributed by atoms with Crippen molar-refractivity contribution in [3.8, 4) is 0 Å². The predicted molar refractivity (Wildman–Crippen MR) is 98.2 cm³/mol. The van der Waals surface area contributed by atoms with Crippen LogP contribution in [0.3, 0.4) is 0 Å². The Bertz CT molecular complexity index is 797. The van der Waals surface area contributed by atoms with E-state index in [1.165, 1.54) is 0 Å². The first-order chi connectivity index (χ1) is 11.8. The second kappa shape index (κ2) is 6.06. The maximum absolute atomic E-state index is 13.2. The summed E-state index contributed by atoms with van der Waals surface area (Å²) in [6, 6.07) is 2.22. The van der Waals surface area contributed by atoms with Crippen LogP contribution in [0, 0.1) is 19.3 Å². The summed E-state index contributed by atoms with van der Waals surface area (Å²) in [6.07, 6.45) is 5.52. The maximum Gasteiger partial charge on any atom is 0.244 e. The molecule has 3 fully saturated rings. The molecule has 25 heavy (non-hydrogen) atoms. The lowest BCUT2D eigenvalue weighted by molar-refractivity contribution is -0.139. The van der Waals surface area contributed by atoms with Crippen LogP contribution in [0.4, 0.5) is 0 Å². The maximum atomic E-state index is 13.2. The van der Waals surface area contributed by atoms with Gasteiger partial charge in [0.25, 0.3) is 0 Å². The van der Waals surface area contributed by atoms with Crippen LogP contribution in [0.5, 0.6) is 0 Å². The third-order valence-electron chi connectivity index (χ3n) is 5.92. The zero-order valence-electron chi connectivity index (χ0n) is 15.0. The summed E-state index contributed by atoms with van der Waals surface area (Å²) in [7, 11) is -3.44. The number of sulfonamides is 1. The number of aryl methyl sites for hydroxylation is 2. The molecule has 0 bridgehead atoms. The molecule has 0 N–H and O–H groups in total. The summed E-state index contributed by atoms with van der Waals surface area (Å²) in [6.45, 7) is 5.73. The lowest BCUT2D eigenvalue weighted by Gasteiger charge is -2.48. The van der Waals surface area contributed by atoms with Gasteiger partial charge in [0.05, 0.1) is 4.90 Å². The summed E-state index contributed by atoms with van der Waals surface area (Å²) >= 11 is 1.54. The monoisotopic (exact) mass is 382 g/mol. The second-order valence-electron chi connectivity index (χ2n) is 7.97. The highest BCUT2D eigenvalue weighted by atomic mass is 32.2. The van der Waals surface area contributed by atoms with E-state index in [0.29, 0.717) is 30.4 Å². The minimum atomic E-state index is -3.44. The lowest BCUT2D eigenvalue weighted by Crippen LogP contribution is -2.55. The number of carbonyl (C=O) groups excluding carboxylic acids is 1. The quantitative estimate of drug-likeness (QED) is 0.808. The van der Waals surface area contributed by atoms with E-state index in [4.69, 9.17) is 0 Å². The molecular weight excluding hydrogens is 356 g/mol. The summed E-state index contributed by atoms with van der Waals surface area (Å²) in [4.78, 5) is 16.7. The number of hydrogen-bond donors (Lipinski definition) is 0. The van der Waals surface area contributed by atoms with Gasteiger partial charge in [0.15, 0.2) is 0 Å². The van der Waals surface area contributed by atoms with Crippen LogP contribution in [0.1, 0.15) is 48.3 Å². The average Bonchev–Trinajstić information content (AvgIpc) is 3.34. The third-order valence-corrected chi connectivity index (χ3v) is 8.99. The van der Waals surface area contributed by atoms with Gasteiger partial charge in [-0.25, -0.2) is 8.42 Å². The van der Waals surface area contributed by atoms with E-state index in [9.17, 15) is 13.2 Å². The summed E-state index contributed by atoms with van der Waals surface area (Å²) in [5.41, 5.74) is -0.0548. The van der Waals surface area contributed by atoms with Crippen molar-refractivity contribution < 1.29 is 13.2 Å². The molecule has 3 aliphatic rings. The zero-order chi connectivity index (χ0) is 17.8. The van der Waals surface area contributed by atoms with E-state index in [1.54, 1.807) is 21.7 Å². The van der Waals surface area contributed by atoms with E-state index in [-0.39, 0.29) is 11.3 Å². The van der Waals surface area contributed by atoms with Crippen LogP contribution >= 0.6 is 11.3 Å². The fourth-order valence-electron chi connectivity index (χ4n) is 4.47. The van der Waals surface area contributed by atoms with Crippen LogP contribution in [-0.4, -0.2) is 49.2 Å². The molecule has 7 heteroatoms. The van der Waals surface area contributed by atoms with E-state index in [1.807, 2.05) is 18.7 Å². The molecule has 0 aromatic carbocycles. The lowest BCUT2D eigenvalue weighted by atomic mass is 9.74. The van der Waals surface area contributed by atoms with Gasteiger partial charge in [-0.1, -0.05) is 0 Å². The molecule has 1 unspecified atom stereocenters. The third kappa shape index (κ3) is 3.15. The number of nitrogens with zero attached hydrogens (tertiary/aromatic N) is 2. The normalized spacial score (nSPS) is 28.7. The first-order valence-corrected chi connectivity index (χ1v) is 11.4. The molecule has 1 aliphatic carbocycles. The number of likely N-dealkylation sites (tertiary alicyclic amines) is 1. The van der Waals surface area contributed by atoms with Crippen LogP contribution in [0.15, 0.2) is 11.0 Å². The molecule has 5 nitrogen and oxygen atoms in total. The second-order valence-corrected chi connectivity index (χ2v) is 11.3. The molecule has 0 radical (unpaired) electrons. The highest BCUT2D eigenvalue weighted by molar-refractivity contribution is 7.89. The van der Waals surface area contributed by atoms with Gasteiger partial charge in [0.2, 0.25) is 15.9 Å². The Balaban J connectivity index is 1.58. The van der Waals surface area contributed by atoms with E-state index in [0.717, 1.165) is 48.4 Å². The van der Waals surface area contributed by atoms with E-state index in [2.05, 4.69) is 0 Å². The average molecular weight is 383 g/mol. The minimum absolute atomic E-state index is 0.0548. The van der Waals surface area contributed by atoms with Gasteiger partial charge in [0, 0.05) is 47.3 Å². The summed E-state index contributed by atoms with van der Waals surface area (Å²) in [5.74, 6) is 0.261. The van der Waals surface area contributed by atoms with Crippen molar-refractivity contribution >= 4 is 27.3 Å². The van der Waals surface area contributed by atoms with Crippen molar-refractivity contribution in [1.82, 2.24) is 9.21 Å². The van der Waals surface area contributed by atoms with Crippen molar-refractivity contribution in [3.05, 3.63) is 15.8 Å². The number of rotatable bonds is 3. The minimum Gasteiger partial charge on any atom is -0.339 e. The molecule has 1 saturated carbocycles. The van der Waals surface area contributed by atoms with Crippen LogP contribution < -0.4 is 0 Å². The van der Waals surface area contributed by atoms with Gasteiger partial charge < -0.3 is 4.90 Å². The molecule has 1 spiro atoms. The molecule has 1 aromatic heterocycles. The Morgan fingerprint density at radius 3 is 2.60 bits per heavy atom. The first kappa shape index (κ1) is 17.5. The Morgan fingerprint density at radius 1 is 1.20 bits per heavy atom.